The number of nitrogen functional groups attached to an aromatic ring is 1. The fourth-order valence-corrected chi connectivity index (χ4v) is 3.05. The summed E-state index contributed by atoms with van der Waals surface area (Å²) in [6.45, 7) is 2.10. The molecule has 0 unspecified atom stereocenters. The predicted molar refractivity (Wildman–Crippen MR) is 103 cm³/mol. The van der Waals surface area contributed by atoms with E-state index in [0.29, 0.717) is 11.3 Å². The van der Waals surface area contributed by atoms with Crippen LogP contribution in [0.3, 0.4) is 0 Å². The van der Waals surface area contributed by atoms with Crippen molar-refractivity contribution in [3.05, 3.63) is 71.3 Å². The van der Waals surface area contributed by atoms with Gasteiger partial charge >= 0.3 is 6.18 Å². The molecule has 0 fully saturated rings. The van der Waals surface area contributed by atoms with E-state index in [1.165, 1.54) is 17.7 Å². The van der Waals surface area contributed by atoms with Gasteiger partial charge in [-0.2, -0.15) is 18.4 Å². The normalized spacial score (nSPS) is 11.2. The Bertz CT molecular complexity index is 1030. The lowest BCUT2D eigenvalue weighted by Crippen LogP contribution is -2.05. The number of hydrogen-bond acceptors (Lipinski definition) is 3. The van der Waals surface area contributed by atoms with Gasteiger partial charge < -0.3 is 5.73 Å². The first kappa shape index (κ1) is 19.4. The Balaban J connectivity index is 2.13. The summed E-state index contributed by atoms with van der Waals surface area (Å²) >= 11 is 0. The van der Waals surface area contributed by atoms with Gasteiger partial charge in [-0.15, -0.1) is 0 Å². The number of pyridine rings is 1. The van der Waals surface area contributed by atoms with Gasteiger partial charge in [-0.1, -0.05) is 49.7 Å². The van der Waals surface area contributed by atoms with E-state index in [1.54, 1.807) is 6.07 Å². The molecule has 0 saturated carbocycles. The number of hydrogen-bond donors (Lipinski definition) is 1. The van der Waals surface area contributed by atoms with Crippen molar-refractivity contribution in [1.82, 2.24) is 4.98 Å². The fourth-order valence-electron chi connectivity index (χ4n) is 3.05. The van der Waals surface area contributed by atoms with E-state index < -0.39 is 11.7 Å². The molecule has 0 saturated heterocycles. The molecule has 0 radical (unpaired) electrons. The molecule has 3 aromatic rings. The Hall–Kier alpha value is -3.33. The molecule has 0 spiro atoms. The molecular weight excluding hydrogens is 363 g/mol. The molecule has 1 aromatic heterocycles. The third-order valence-electron chi connectivity index (χ3n) is 4.45. The van der Waals surface area contributed by atoms with Crippen LogP contribution >= 0.6 is 0 Å². The van der Waals surface area contributed by atoms with Crippen LogP contribution in [0.25, 0.3) is 22.4 Å². The third kappa shape index (κ3) is 3.99. The van der Waals surface area contributed by atoms with Crippen LogP contribution in [0.15, 0.2) is 54.6 Å². The van der Waals surface area contributed by atoms with E-state index in [2.05, 4.69) is 11.9 Å². The minimum Gasteiger partial charge on any atom is -0.383 e. The maximum absolute atomic E-state index is 13.1. The molecule has 28 heavy (non-hydrogen) atoms. The van der Waals surface area contributed by atoms with Crippen molar-refractivity contribution in [3.63, 3.8) is 0 Å². The molecular formula is C22H18F3N3. The van der Waals surface area contributed by atoms with Gasteiger partial charge in [0, 0.05) is 11.1 Å². The van der Waals surface area contributed by atoms with Crippen molar-refractivity contribution in [2.45, 2.75) is 25.9 Å². The minimum absolute atomic E-state index is 0.00922. The van der Waals surface area contributed by atoms with Crippen LogP contribution in [0.4, 0.5) is 19.0 Å². The topological polar surface area (TPSA) is 62.7 Å². The Kier molecular flexibility index (Phi) is 5.36. The van der Waals surface area contributed by atoms with Gasteiger partial charge in [0.2, 0.25) is 0 Å². The largest absolute Gasteiger partial charge is 0.416 e. The van der Waals surface area contributed by atoms with E-state index in [4.69, 9.17) is 5.73 Å². The van der Waals surface area contributed by atoms with Gasteiger partial charge in [0.25, 0.3) is 0 Å². The van der Waals surface area contributed by atoms with Crippen LogP contribution in [0.2, 0.25) is 0 Å². The summed E-state index contributed by atoms with van der Waals surface area (Å²) in [5.74, 6) is -0.00922. The second-order valence-electron chi connectivity index (χ2n) is 6.45. The van der Waals surface area contributed by atoms with E-state index in [1.807, 2.05) is 30.3 Å². The standard InChI is InChI=1S/C22H18F3N3/c1-2-4-14-7-9-15(10-8-14)20-12-18(19(13-26)21(27)28-20)16-5-3-6-17(11-16)22(23,24)25/h3,5-12H,2,4H2,1H3,(H2,27,28). The van der Waals surface area contributed by atoms with Crippen molar-refractivity contribution >= 4 is 5.82 Å². The Morgan fingerprint density at radius 3 is 2.36 bits per heavy atom. The van der Waals surface area contributed by atoms with Crippen molar-refractivity contribution < 1.29 is 13.2 Å². The number of alkyl halides is 3. The molecule has 3 rings (SSSR count). The highest BCUT2D eigenvalue weighted by Gasteiger charge is 2.30. The average molecular weight is 381 g/mol. The lowest BCUT2D eigenvalue weighted by atomic mass is 9.96. The van der Waals surface area contributed by atoms with E-state index in [-0.39, 0.29) is 16.9 Å². The molecule has 0 bridgehead atoms. The SMILES string of the molecule is CCCc1ccc(-c2cc(-c3cccc(C(F)(F)F)c3)c(C#N)c(N)n2)cc1. The number of benzene rings is 2. The van der Waals surface area contributed by atoms with E-state index >= 15 is 0 Å². The first-order valence-corrected chi connectivity index (χ1v) is 8.81. The summed E-state index contributed by atoms with van der Waals surface area (Å²) in [5.41, 5.74) is 8.30. The molecule has 3 nitrogen and oxygen atoms in total. The van der Waals surface area contributed by atoms with Crippen LogP contribution in [-0.4, -0.2) is 4.98 Å². The summed E-state index contributed by atoms with van der Waals surface area (Å²) in [6.07, 6.45) is -2.49. The quantitative estimate of drug-likeness (QED) is 0.617. The lowest BCUT2D eigenvalue weighted by molar-refractivity contribution is -0.137. The molecule has 0 aliphatic rings. The highest BCUT2D eigenvalue weighted by Crippen LogP contribution is 2.35. The van der Waals surface area contributed by atoms with Crippen LogP contribution < -0.4 is 5.73 Å². The van der Waals surface area contributed by atoms with Crippen LogP contribution in [0, 0.1) is 11.3 Å². The molecule has 6 heteroatoms. The van der Waals surface area contributed by atoms with E-state index in [9.17, 15) is 18.4 Å². The van der Waals surface area contributed by atoms with Gasteiger partial charge in [0.05, 0.1) is 11.3 Å². The van der Waals surface area contributed by atoms with E-state index in [0.717, 1.165) is 30.5 Å². The number of aromatic nitrogens is 1. The number of halogens is 3. The Morgan fingerprint density at radius 2 is 1.75 bits per heavy atom. The van der Waals surface area contributed by atoms with Gasteiger partial charge in [0.1, 0.15) is 17.5 Å². The number of nitrogens with zero attached hydrogens (tertiary/aromatic N) is 2. The molecule has 2 aromatic carbocycles. The van der Waals surface area contributed by atoms with Crippen LogP contribution in [0.5, 0.6) is 0 Å². The molecule has 1 heterocycles. The minimum atomic E-state index is -4.47. The summed E-state index contributed by atoms with van der Waals surface area (Å²) in [7, 11) is 0. The highest BCUT2D eigenvalue weighted by atomic mass is 19.4. The Morgan fingerprint density at radius 1 is 1.04 bits per heavy atom. The molecule has 0 amide bonds. The van der Waals surface area contributed by atoms with Crippen molar-refractivity contribution in [2.75, 3.05) is 5.73 Å². The average Bonchev–Trinajstić information content (AvgIpc) is 2.67. The van der Waals surface area contributed by atoms with Gasteiger partial charge in [-0.25, -0.2) is 4.98 Å². The molecule has 142 valence electrons. The van der Waals surface area contributed by atoms with Gasteiger partial charge in [-0.05, 0) is 35.7 Å². The monoisotopic (exact) mass is 381 g/mol. The second kappa shape index (κ2) is 7.73. The summed E-state index contributed by atoms with van der Waals surface area (Å²) in [6, 6.07) is 16.2. The number of anilines is 1. The van der Waals surface area contributed by atoms with Crippen molar-refractivity contribution in [2.24, 2.45) is 0 Å². The maximum atomic E-state index is 13.1. The van der Waals surface area contributed by atoms with Gasteiger partial charge in [-0.3, -0.25) is 0 Å². The molecule has 0 aliphatic carbocycles. The zero-order chi connectivity index (χ0) is 20.3. The van der Waals surface area contributed by atoms with Gasteiger partial charge in [0.15, 0.2) is 0 Å². The second-order valence-corrected chi connectivity index (χ2v) is 6.45. The third-order valence-corrected chi connectivity index (χ3v) is 4.45. The Labute approximate surface area is 161 Å². The van der Waals surface area contributed by atoms with Crippen LogP contribution in [-0.2, 0) is 12.6 Å². The van der Waals surface area contributed by atoms with Crippen LogP contribution in [0.1, 0.15) is 30.0 Å². The summed E-state index contributed by atoms with van der Waals surface area (Å²) in [5, 5.41) is 9.45. The first-order chi connectivity index (χ1) is 13.3. The number of nitriles is 1. The van der Waals surface area contributed by atoms with Crippen molar-refractivity contribution in [3.8, 4) is 28.5 Å². The zero-order valence-electron chi connectivity index (χ0n) is 15.2. The smallest absolute Gasteiger partial charge is 0.383 e. The number of rotatable bonds is 4. The molecule has 2 N–H and O–H groups in total. The summed E-state index contributed by atoms with van der Waals surface area (Å²) < 4.78 is 39.3. The first-order valence-electron chi connectivity index (χ1n) is 8.81. The maximum Gasteiger partial charge on any atom is 0.416 e. The highest BCUT2D eigenvalue weighted by molar-refractivity contribution is 5.80. The predicted octanol–water partition coefficient (Wildman–Crippen LogP) is 5.84. The zero-order valence-corrected chi connectivity index (χ0v) is 15.2. The number of aryl methyl sites for hydroxylation is 1. The summed E-state index contributed by atoms with van der Waals surface area (Å²) in [4.78, 5) is 4.28. The molecule has 0 atom stereocenters. The number of nitrogens with two attached hydrogens (primary N) is 1. The fraction of sp³-hybridized carbons (Fsp3) is 0.182. The molecule has 0 aliphatic heterocycles. The lowest BCUT2D eigenvalue weighted by Gasteiger charge is -2.13. The van der Waals surface area contributed by atoms with Crippen molar-refractivity contribution in [1.29, 1.82) is 5.26 Å².